The average Bonchev–Trinajstić information content (AvgIpc) is 2.83. The molecule has 1 N–H and O–H groups in total. The van der Waals surface area contributed by atoms with Crippen molar-refractivity contribution in [2.45, 2.75) is 12.7 Å². The lowest BCUT2D eigenvalue weighted by Crippen LogP contribution is -2.28. The standard InChI is InChI=1S/C15H11F3N4O2/c16-15(17,18)10-5-1-2-6-11(10)19-13(23)9-22-14(24)21-8-4-3-7-12(21)20-22/h1-8H,9H2,(H,19,23). The van der Waals surface area contributed by atoms with Crippen LogP contribution < -0.4 is 11.0 Å². The Morgan fingerprint density at radius 3 is 2.54 bits per heavy atom. The summed E-state index contributed by atoms with van der Waals surface area (Å²) < 4.78 is 40.8. The van der Waals surface area contributed by atoms with E-state index in [-0.39, 0.29) is 5.69 Å². The molecule has 1 aromatic carbocycles. The molecule has 0 aliphatic heterocycles. The van der Waals surface area contributed by atoms with E-state index in [9.17, 15) is 22.8 Å². The molecule has 24 heavy (non-hydrogen) atoms. The molecule has 0 saturated carbocycles. The Morgan fingerprint density at radius 2 is 1.83 bits per heavy atom. The second kappa shape index (κ2) is 5.84. The number of hydrogen-bond donors (Lipinski definition) is 1. The van der Waals surface area contributed by atoms with Gasteiger partial charge in [-0.25, -0.2) is 9.48 Å². The Balaban J connectivity index is 1.84. The number of carbonyl (C=O) groups is 1. The summed E-state index contributed by atoms with van der Waals surface area (Å²) in [4.78, 5) is 24.0. The fourth-order valence-corrected chi connectivity index (χ4v) is 2.24. The Morgan fingerprint density at radius 1 is 1.12 bits per heavy atom. The molecule has 0 radical (unpaired) electrons. The van der Waals surface area contributed by atoms with Crippen molar-refractivity contribution in [3.63, 3.8) is 0 Å². The maximum atomic E-state index is 12.9. The fourth-order valence-electron chi connectivity index (χ4n) is 2.24. The van der Waals surface area contributed by atoms with Crippen LogP contribution in [0.25, 0.3) is 5.65 Å². The molecule has 0 aliphatic carbocycles. The zero-order valence-electron chi connectivity index (χ0n) is 12.1. The maximum absolute atomic E-state index is 12.9. The highest BCUT2D eigenvalue weighted by molar-refractivity contribution is 5.91. The van der Waals surface area contributed by atoms with Gasteiger partial charge in [0.05, 0.1) is 11.3 Å². The molecule has 3 rings (SSSR count). The first kappa shape index (κ1) is 15.8. The number of anilines is 1. The average molecular weight is 336 g/mol. The predicted octanol–water partition coefficient (Wildman–Crippen LogP) is 2.15. The van der Waals surface area contributed by atoms with Crippen LogP contribution >= 0.6 is 0 Å². The molecular weight excluding hydrogens is 325 g/mol. The van der Waals surface area contributed by atoms with E-state index in [1.54, 1.807) is 18.2 Å². The Kier molecular flexibility index (Phi) is 3.84. The van der Waals surface area contributed by atoms with Crippen molar-refractivity contribution >= 4 is 17.2 Å². The number of alkyl halides is 3. The number of rotatable bonds is 3. The highest BCUT2D eigenvalue weighted by Gasteiger charge is 2.33. The lowest BCUT2D eigenvalue weighted by atomic mass is 10.1. The Bertz CT molecular complexity index is 959. The van der Waals surface area contributed by atoms with Crippen LogP contribution in [0.5, 0.6) is 0 Å². The first-order valence-corrected chi connectivity index (χ1v) is 6.86. The van der Waals surface area contributed by atoms with E-state index >= 15 is 0 Å². The van der Waals surface area contributed by atoms with Gasteiger partial charge in [0.1, 0.15) is 6.54 Å². The summed E-state index contributed by atoms with van der Waals surface area (Å²) >= 11 is 0. The molecule has 3 aromatic rings. The molecule has 0 atom stereocenters. The van der Waals surface area contributed by atoms with Gasteiger partial charge in [0.25, 0.3) is 0 Å². The largest absolute Gasteiger partial charge is 0.418 e. The minimum atomic E-state index is -4.59. The quantitative estimate of drug-likeness (QED) is 0.797. The van der Waals surface area contributed by atoms with Crippen molar-refractivity contribution < 1.29 is 18.0 Å². The number of fused-ring (bicyclic) bond motifs is 1. The molecular formula is C15H11F3N4O2. The zero-order valence-corrected chi connectivity index (χ0v) is 12.1. The van der Waals surface area contributed by atoms with E-state index in [0.717, 1.165) is 16.8 Å². The summed E-state index contributed by atoms with van der Waals surface area (Å²) in [7, 11) is 0. The smallest absolute Gasteiger partial charge is 0.324 e. The number of hydrogen-bond acceptors (Lipinski definition) is 3. The highest BCUT2D eigenvalue weighted by atomic mass is 19.4. The maximum Gasteiger partial charge on any atom is 0.418 e. The summed E-state index contributed by atoms with van der Waals surface area (Å²) in [5.41, 5.74) is -1.54. The first-order chi connectivity index (χ1) is 11.4. The van der Waals surface area contributed by atoms with Crippen LogP contribution in [-0.4, -0.2) is 20.1 Å². The molecule has 2 aromatic heterocycles. The van der Waals surface area contributed by atoms with E-state index in [0.29, 0.717) is 5.65 Å². The number of halogens is 3. The molecule has 124 valence electrons. The molecule has 0 fully saturated rings. The molecule has 9 heteroatoms. The van der Waals surface area contributed by atoms with Gasteiger partial charge in [-0.1, -0.05) is 18.2 Å². The van der Waals surface area contributed by atoms with Gasteiger partial charge in [0.15, 0.2) is 5.65 Å². The van der Waals surface area contributed by atoms with Crippen molar-refractivity contribution in [1.82, 2.24) is 14.2 Å². The van der Waals surface area contributed by atoms with Gasteiger partial charge in [-0.15, -0.1) is 5.10 Å². The zero-order chi connectivity index (χ0) is 17.3. The van der Waals surface area contributed by atoms with Gasteiger partial charge in [-0.05, 0) is 24.3 Å². The van der Waals surface area contributed by atoms with E-state index < -0.39 is 29.9 Å². The van der Waals surface area contributed by atoms with E-state index in [4.69, 9.17) is 0 Å². The number of amides is 1. The van der Waals surface area contributed by atoms with Crippen LogP contribution in [0, 0.1) is 0 Å². The Hall–Kier alpha value is -3.10. The summed E-state index contributed by atoms with van der Waals surface area (Å²) in [5.74, 6) is -0.780. The van der Waals surface area contributed by atoms with Crippen molar-refractivity contribution in [3.8, 4) is 0 Å². The predicted molar refractivity (Wildman–Crippen MR) is 79.5 cm³/mol. The molecule has 0 bridgehead atoms. The van der Waals surface area contributed by atoms with E-state index in [1.165, 1.54) is 22.7 Å². The van der Waals surface area contributed by atoms with Crippen LogP contribution in [-0.2, 0) is 17.5 Å². The van der Waals surface area contributed by atoms with Crippen LogP contribution in [0.4, 0.5) is 18.9 Å². The number of pyridine rings is 1. The third kappa shape index (κ3) is 3.00. The van der Waals surface area contributed by atoms with Gasteiger partial charge in [0.2, 0.25) is 5.91 Å². The second-order valence-corrected chi connectivity index (χ2v) is 4.96. The van der Waals surface area contributed by atoms with Gasteiger partial charge in [-0.2, -0.15) is 13.2 Å². The normalized spacial score (nSPS) is 11.6. The van der Waals surface area contributed by atoms with Crippen LogP contribution in [0.3, 0.4) is 0 Å². The fraction of sp³-hybridized carbons (Fsp3) is 0.133. The van der Waals surface area contributed by atoms with Gasteiger partial charge >= 0.3 is 11.9 Å². The number of para-hydroxylation sites is 1. The van der Waals surface area contributed by atoms with Gasteiger partial charge in [0, 0.05) is 6.20 Å². The molecule has 2 heterocycles. The van der Waals surface area contributed by atoms with Crippen molar-refractivity contribution in [1.29, 1.82) is 0 Å². The van der Waals surface area contributed by atoms with Crippen molar-refractivity contribution in [2.24, 2.45) is 0 Å². The topological polar surface area (TPSA) is 68.4 Å². The second-order valence-electron chi connectivity index (χ2n) is 4.96. The van der Waals surface area contributed by atoms with Crippen molar-refractivity contribution in [3.05, 3.63) is 64.7 Å². The third-order valence-corrected chi connectivity index (χ3v) is 3.29. The lowest BCUT2D eigenvalue weighted by Gasteiger charge is -2.13. The minimum Gasteiger partial charge on any atom is -0.324 e. The van der Waals surface area contributed by atoms with Crippen molar-refractivity contribution in [2.75, 3.05) is 5.32 Å². The summed E-state index contributed by atoms with van der Waals surface area (Å²) in [6, 6.07) is 9.49. The molecule has 0 aliphatic rings. The van der Waals surface area contributed by atoms with E-state index in [2.05, 4.69) is 10.4 Å². The molecule has 6 nitrogen and oxygen atoms in total. The molecule has 0 saturated heterocycles. The number of aromatic nitrogens is 3. The molecule has 0 spiro atoms. The highest BCUT2D eigenvalue weighted by Crippen LogP contribution is 2.34. The van der Waals surface area contributed by atoms with Crippen LogP contribution in [0.2, 0.25) is 0 Å². The number of carbonyl (C=O) groups excluding carboxylic acids is 1. The number of benzene rings is 1. The monoisotopic (exact) mass is 336 g/mol. The summed E-state index contributed by atoms with van der Waals surface area (Å²) in [6.45, 7) is -0.493. The number of nitrogens with one attached hydrogen (secondary N) is 1. The van der Waals surface area contributed by atoms with Crippen LogP contribution in [0.15, 0.2) is 53.5 Å². The van der Waals surface area contributed by atoms with Crippen LogP contribution in [0.1, 0.15) is 5.56 Å². The number of nitrogens with zero attached hydrogens (tertiary/aromatic N) is 3. The lowest BCUT2D eigenvalue weighted by molar-refractivity contribution is -0.137. The first-order valence-electron chi connectivity index (χ1n) is 6.86. The Labute approximate surface area is 133 Å². The molecule has 0 unspecified atom stereocenters. The summed E-state index contributed by atoms with van der Waals surface area (Å²) in [5, 5.41) is 6.12. The summed E-state index contributed by atoms with van der Waals surface area (Å²) in [6.07, 6.45) is -3.11. The minimum absolute atomic E-state index is 0.339. The molecule has 1 amide bonds. The van der Waals surface area contributed by atoms with Gasteiger partial charge in [-0.3, -0.25) is 9.20 Å². The van der Waals surface area contributed by atoms with Gasteiger partial charge < -0.3 is 5.32 Å². The SMILES string of the molecule is O=C(Cn1nc2ccccn2c1=O)Nc1ccccc1C(F)(F)F. The third-order valence-electron chi connectivity index (χ3n) is 3.29. The van der Waals surface area contributed by atoms with E-state index in [1.807, 2.05) is 0 Å².